The summed E-state index contributed by atoms with van der Waals surface area (Å²) >= 11 is 0. The second-order valence-corrected chi connectivity index (χ2v) is 5.17. The fraction of sp³-hybridized carbons (Fsp3) is 0.500. The molecule has 0 spiro atoms. The standard InChI is InChI=1S/C14H18N2O5/c1-8-7-11(9(2)21-8)12(17)15-10-3-5-16(6-4-10)13(18)14(19)20/h7,10H,3-6H2,1-2H3,(H,15,17)(H,19,20). The molecular formula is C14H18N2O5. The number of piperidine rings is 1. The first-order chi connectivity index (χ1) is 9.88. The lowest BCUT2D eigenvalue weighted by atomic mass is 10.0. The molecule has 2 N–H and O–H groups in total. The minimum atomic E-state index is -1.44. The molecule has 1 aliphatic rings. The first-order valence-electron chi connectivity index (χ1n) is 6.78. The second-order valence-electron chi connectivity index (χ2n) is 5.17. The summed E-state index contributed by atoms with van der Waals surface area (Å²) in [6.07, 6.45) is 1.08. The SMILES string of the molecule is Cc1cc(C(=O)NC2CCN(C(=O)C(=O)O)CC2)c(C)o1. The Balaban J connectivity index is 1.89. The fourth-order valence-electron chi connectivity index (χ4n) is 2.48. The van der Waals surface area contributed by atoms with Crippen molar-refractivity contribution in [3.63, 3.8) is 0 Å². The number of aliphatic carboxylic acids is 1. The Morgan fingerprint density at radius 2 is 1.90 bits per heavy atom. The normalized spacial score (nSPS) is 15.8. The average Bonchev–Trinajstić information content (AvgIpc) is 2.77. The Morgan fingerprint density at radius 3 is 2.38 bits per heavy atom. The number of carbonyl (C=O) groups excluding carboxylic acids is 2. The van der Waals surface area contributed by atoms with Gasteiger partial charge >= 0.3 is 11.9 Å². The van der Waals surface area contributed by atoms with Gasteiger partial charge in [-0.25, -0.2) is 4.79 Å². The molecule has 0 radical (unpaired) electrons. The van der Waals surface area contributed by atoms with Gasteiger partial charge in [0.15, 0.2) is 0 Å². The Hall–Kier alpha value is -2.31. The molecule has 21 heavy (non-hydrogen) atoms. The summed E-state index contributed by atoms with van der Waals surface area (Å²) in [5.74, 6) is -1.28. The number of likely N-dealkylation sites (tertiary alicyclic amines) is 1. The summed E-state index contributed by atoms with van der Waals surface area (Å²) < 4.78 is 5.32. The number of amides is 2. The van der Waals surface area contributed by atoms with Crippen LogP contribution in [0.3, 0.4) is 0 Å². The quantitative estimate of drug-likeness (QED) is 0.782. The Bertz CT molecular complexity index is 570. The number of aryl methyl sites for hydroxylation is 2. The maximum absolute atomic E-state index is 12.1. The van der Waals surface area contributed by atoms with Crippen LogP contribution in [0.15, 0.2) is 10.5 Å². The van der Waals surface area contributed by atoms with Gasteiger partial charge in [0.1, 0.15) is 11.5 Å². The number of carbonyl (C=O) groups is 3. The largest absolute Gasteiger partial charge is 0.474 e. The third kappa shape index (κ3) is 3.42. The second kappa shape index (κ2) is 5.99. The van der Waals surface area contributed by atoms with Crippen molar-refractivity contribution < 1.29 is 23.9 Å². The van der Waals surface area contributed by atoms with E-state index in [0.29, 0.717) is 43.0 Å². The van der Waals surface area contributed by atoms with Crippen molar-refractivity contribution >= 4 is 17.8 Å². The van der Waals surface area contributed by atoms with Crippen LogP contribution in [0.2, 0.25) is 0 Å². The lowest BCUT2D eigenvalue weighted by molar-refractivity contribution is -0.156. The molecule has 1 saturated heterocycles. The molecule has 7 heteroatoms. The van der Waals surface area contributed by atoms with Gasteiger partial charge in [-0.2, -0.15) is 0 Å². The number of carboxylic acid groups (broad SMARTS) is 1. The van der Waals surface area contributed by atoms with E-state index in [0.717, 1.165) is 0 Å². The van der Waals surface area contributed by atoms with Crippen molar-refractivity contribution in [1.82, 2.24) is 10.2 Å². The number of furan rings is 1. The molecule has 0 bridgehead atoms. The van der Waals surface area contributed by atoms with Crippen LogP contribution in [0, 0.1) is 13.8 Å². The van der Waals surface area contributed by atoms with Gasteiger partial charge in [0.25, 0.3) is 5.91 Å². The average molecular weight is 294 g/mol. The minimum Gasteiger partial charge on any atom is -0.474 e. The van der Waals surface area contributed by atoms with Gasteiger partial charge in [0.05, 0.1) is 5.56 Å². The zero-order valence-electron chi connectivity index (χ0n) is 12.0. The van der Waals surface area contributed by atoms with E-state index in [1.165, 1.54) is 4.90 Å². The summed E-state index contributed by atoms with van der Waals surface area (Å²) in [6, 6.07) is 1.62. The molecule has 0 atom stereocenters. The molecule has 0 aromatic carbocycles. The third-order valence-electron chi connectivity index (χ3n) is 3.59. The monoisotopic (exact) mass is 294 g/mol. The number of hydrogen-bond acceptors (Lipinski definition) is 4. The van der Waals surface area contributed by atoms with Gasteiger partial charge in [-0.05, 0) is 32.8 Å². The number of carboxylic acids is 1. The molecule has 7 nitrogen and oxygen atoms in total. The summed E-state index contributed by atoms with van der Waals surface area (Å²) in [4.78, 5) is 35.3. The molecule has 0 saturated carbocycles. The minimum absolute atomic E-state index is 0.0649. The first kappa shape index (κ1) is 15.1. The molecule has 2 rings (SSSR count). The fourth-order valence-corrected chi connectivity index (χ4v) is 2.48. The zero-order chi connectivity index (χ0) is 15.6. The van der Waals surface area contributed by atoms with E-state index in [4.69, 9.17) is 9.52 Å². The van der Waals surface area contributed by atoms with Crippen LogP contribution in [0.1, 0.15) is 34.7 Å². The number of rotatable bonds is 2. The lowest BCUT2D eigenvalue weighted by Gasteiger charge is -2.31. The van der Waals surface area contributed by atoms with Crippen LogP contribution in [0.25, 0.3) is 0 Å². The molecule has 114 valence electrons. The van der Waals surface area contributed by atoms with E-state index in [-0.39, 0.29) is 11.9 Å². The van der Waals surface area contributed by atoms with Crippen LogP contribution in [0.4, 0.5) is 0 Å². The topological polar surface area (TPSA) is 99.9 Å². The lowest BCUT2D eigenvalue weighted by Crippen LogP contribution is -2.48. The summed E-state index contributed by atoms with van der Waals surface area (Å²) in [6.45, 7) is 4.18. The van der Waals surface area contributed by atoms with E-state index in [9.17, 15) is 14.4 Å². The number of hydrogen-bond donors (Lipinski definition) is 2. The molecule has 0 unspecified atom stereocenters. The van der Waals surface area contributed by atoms with Crippen LogP contribution in [-0.2, 0) is 9.59 Å². The van der Waals surface area contributed by atoms with Crippen molar-refractivity contribution in [3.05, 3.63) is 23.2 Å². The highest BCUT2D eigenvalue weighted by atomic mass is 16.4. The maximum Gasteiger partial charge on any atom is 0.394 e. The Labute approximate surface area is 121 Å². The first-order valence-corrected chi connectivity index (χ1v) is 6.78. The third-order valence-corrected chi connectivity index (χ3v) is 3.59. The predicted molar refractivity (Wildman–Crippen MR) is 72.9 cm³/mol. The van der Waals surface area contributed by atoms with Crippen molar-refractivity contribution in [2.24, 2.45) is 0 Å². The highest BCUT2D eigenvalue weighted by Gasteiger charge is 2.27. The van der Waals surface area contributed by atoms with E-state index >= 15 is 0 Å². The van der Waals surface area contributed by atoms with Gasteiger partial charge in [-0.15, -0.1) is 0 Å². The molecule has 2 amide bonds. The number of nitrogens with one attached hydrogen (secondary N) is 1. The van der Waals surface area contributed by atoms with E-state index in [1.54, 1.807) is 19.9 Å². The van der Waals surface area contributed by atoms with Gasteiger partial charge in [-0.3, -0.25) is 9.59 Å². The Morgan fingerprint density at radius 1 is 1.29 bits per heavy atom. The molecule has 0 aliphatic carbocycles. The van der Waals surface area contributed by atoms with Crippen LogP contribution < -0.4 is 5.32 Å². The van der Waals surface area contributed by atoms with Gasteiger partial charge in [-0.1, -0.05) is 0 Å². The van der Waals surface area contributed by atoms with Gasteiger partial charge < -0.3 is 19.7 Å². The molecule has 2 heterocycles. The predicted octanol–water partition coefficient (Wildman–Crippen LogP) is 0.702. The highest BCUT2D eigenvalue weighted by molar-refractivity contribution is 6.31. The van der Waals surface area contributed by atoms with E-state index < -0.39 is 11.9 Å². The summed E-state index contributed by atoms with van der Waals surface area (Å²) in [5, 5.41) is 11.5. The summed E-state index contributed by atoms with van der Waals surface area (Å²) in [5.41, 5.74) is 0.511. The molecule has 1 aliphatic heterocycles. The Kier molecular flexibility index (Phi) is 4.30. The molecule has 1 aromatic heterocycles. The highest BCUT2D eigenvalue weighted by Crippen LogP contribution is 2.16. The molecule has 1 fully saturated rings. The summed E-state index contributed by atoms with van der Waals surface area (Å²) in [7, 11) is 0. The molecule has 1 aromatic rings. The smallest absolute Gasteiger partial charge is 0.394 e. The van der Waals surface area contributed by atoms with Gasteiger partial charge in [0, 0.05) is 19.1 Å². The van der Waals surface area contributed by atoms with Crippen molar-refractivity contribution in [3.8, 4) is 0 Å². The van der Waals surface area contributed by atoms with Crippen molar-refractivity contribution in [1.29, 1.82) is 0 Å². The van der Waals surface area contributed by atoms with Gasteiger partial charge in [0.2, 0.25) is 0 Å². The van der Waals surface area contributed by atoms with Crippen LogP contribution in [-0.4, -0.2) is 46.9 Å². The maximum atomic E-state index is 12.1. The van der Waals surface area contributed by atoms with Crippen molar-refractivity contribution in [2.75, 3.05) is 13.1 Å². The van der Waals surface area contributed by atoms with E-state index in [1.807, 2.05) is 0 Å². The van der Waals surface area contributed by atoms with Crippen LogP contribution >= 0.6 is 0 Å². The number of nitrogens with zero attached hydrogens (tertiary/aromatic N) is 1. The van der Waals surface area contributed by atoms with E-state index in [2.05, 4.69) is 5.32 Å². The van der Waals surface area contributed by atoms with Crippen LogP contribution in [0.5, 0.6) is 0 Å². The van der Waals surface area contributed by atoms with Crippen molar-refractivity contribution in [2.45, 2.75) is 32.7 Å². The molecular weight excluding hydrogens is 276 g/mol. The zero-order valence-corrected chi connectivity index (χ0v) is 12.0.